The van der Waals surface area contributed by atoms with Crippen molar-refractivity contribution in [2.45, 2.75) is 134 Å². The molecule has 43 heavy (non-hydrogen) atoms. The van der Waals surface area contributed by atoms with Crippen LogP contribution in [-0.4, -0.2) is 20.5 Å². The van der Waals surface area contributed by atoms with Gasteiger partial charge in [0, 0.05) is 6.42 Å². The molecule has 246 valence electrons. The fourth-order valence-electron chi connectivity index (χ4n) is 5.20. The Morgan fingerprint density at radius 1 is 0.651 bits per heavy atom. The van der Waals surface area contributed by atoms with Gasteiger partial charge in [0.2, 0.25) is 0 Å². The molecule has 2 aromatic carbocycles. The van der Waals surface area contributed by atoms with E-state index in [0.717, 1.165) is 12.8 Å². The summed E-state index contributed by atoms with van der Waals surface area (Å²) >= 11 is 0. The molecule has 2 rings (SSSR count). The number of rotatable bonds is 23. The summed E-state index contributed by atoms with van der Waals surface area (Å²) in [5.74, 6) is 0.584. The average Bonchev–Trinajstić information content (AvgIpc) is 2.94. The van der Waals surface area contributed by atoms with Crippen LogP contribution >= 0.6 is 0 Å². The van der Waals surface area contributed by atoms with Crippen LogP contribution in [0.1, 0.15) is 128 Å². The Hall–Kier alpha value is -1.71. The van der Waals surface area contributed by atoms with Gasteiger partial charge in [-0.15, -0.1) is 0 Å². The fraction of sp³-hybridized carbons (Fsp3) is 0.647. The van der Waals surface area contributed by atoms with Crippen molar-refractivity contribution < 1.29 is 30.5 Å². The van der Waals surface area contributed by atoms with Crippen molar-refractivity contribution in [3.63, 3.8) is 0 Å². The Bertz CT molecular complexity index is 1080. The average molecular weight is 648 g/mol. The SMILES string of the molecule is CCCCCCCCCCCCCCCCCCOc1ccc(C(C)(Cc2ccccc2)OS(=O)(=O)C(F)(F)F)cc1.[SH3+]. The Kier molecular flexibility index (Phi) is 19.3. The van der Waals surface area contributed by atoms with Crippen LogP contribution in [0.2, 0.25) is 0 Å². The van der Waals surface area contributed by atoms with Crippen molar-refractivity contribution in [1.82, 2.24) is 0 Å². The first-order chi connectivity index (χ1) is 20.1. The van der Waals surface area contributed by atoms with E-state index in [4.69, 9.17) is 8.92 Å². The molecule has 1 atom stereocenters. The van der Waals surface area contributed by atoms with E-state index in [1.807, 2.05) is 0 Å². The maximum Gasteiger partial charge on any atom is 0.523 e. The number of alkyl halides is 3. The van der Waals surface area contributed by atoms with Crippen LogP contribution in [0.5, 0.6) is 5.75 Å². The van der Waals surface area contributed by atoms with Gasteiger partial charge in [-0.2, -0.15) is 21.6 Å². The minimum absolute atomic E-state index is 0. The summed E-state index contributed by atoms with van der Waals surface area (Å²) in [6, 6.07) is 15.1. The highest BCUT2D eigenvalue weighted by Crippen LogP contribution is 2.37. The Labute approximate surface area is 265 Å². The van der Waals surface area contributed by atoms with E-state index in [1.165, 1.54) is 96.8 Å². The molecule has 0 N–H and O–H groups in total. The largest absolute Gasteiger partial charge is 0.523 e. The zero-order valence-electron chi connectivity index (χ0n) is 26.2. The molecule has 0 aliphatic heterocycles. The molecule has 2 aromatic rings. The lowest BCUT2D eigenvalue weighted by atomic mass is 9.89. The van der Waals surface area contributed by atoms with Gasteiger partial charge in [-0.05, 0) is 36.6 Å². The van der Waals surface area contributed by atoms with Gasteiger partial charge in [-0.25, -0.2) is 0 Å². The quantitative estimate of drug-likeness (QED) is 0.0522. The molecule has 0 radical (unpaired) electrons. The van der Waals surface area contributed by atoms with Gasteiger partial charge in [0.25, 0.3) is 0 Å². The number of halogens is 3. The van der Waals surface area contributed by atoms with Gasteiger partial charge in [0.05, 0.1) is 6.61 Å². The molecule has 0 saturated heterocycles. The fourth-order valence-corrected chi connectivity index (χ4v) is 5.93. The molecular weight excluding hydrogens is 593 g/mol. The van der Waals surface area contributed by atoms with Crippen LogP contribution in [0, 0.1) is 0 Å². The van der Waals surface area contributed by atoms with Crippen molar-refractivity contribution in [2.24, 2.45) is 0 Å². The number of unbranched alkanes of at least 4 members (excludes halogenated alkanes) is 15. The lowest BCUT2D eigenvalue weighted by Gasteiger charge is -2.30. The molecule has 0 heterocycles. The number of benzene rings is 2. The zero-order valence-corrected chi connectivity index (χ0v) is 28.1. The number of hydrogen-bond acceptors (Lipinski definition) is 4. The normalized spacial score (nSPS) is 13.3. The second-order valence-electron chi connectivity index (χ2n) is 11.6. The van der Waals surface area contributed by atoms with Crippen LogP contribution in [0.3, 0.4) is 0 Å². The third-order valence-corrected chi connectivity index (χ3v) is 8.85. The molecule has 0 amide bonds. The summed E-state index contributed by atoms with van der Waals surface area (Å²) in [4.78, 5) is 0. The number of ether oxygens (including phenoxy) is 1. The minimum Gasteiger partial charge on any atom is -0.494 e. The van der Waals surface area contributed by atoms with Crippen LogP contribution in [-0.2, 0) is 39.8 Å². The predicted octanol–water partition coefficient (Wildman–Crippen LogP) is 9.85. The second kappa shape index (κ2) is 21.1. The summed E-state index contributed by atoms with van der Waals surface area (Å²) in [6.45, 7) is 4.17. The van der Waals surface area contributed by atoms with E-state index < -0.39 is 21.2 Å². The van der Waals surface area contributed by atoms with Gasteiger partial charge >= 0.3 is 15.6 Å². The van der Waals surface area contributed by atoms with Gasteiger partial charge < -0.3 is 4.74 Å². The zero-order chi connectivity index (χ0) is 30.7. The predicted molar refractivity (Wildman–Crippen MR) is 177 cm³/mol. The number of hydrogen-bond donors (Lipinski definition) is 0. The lowest BCUT2D eigenvalue weighted by molar-refractivity contribution is -0.0647. The molecule has 0 fully saturated rings. The summed E-state index contributed by atoms with van der Waals surface area (Å²) in [6.07, 6.45) is 20.7. The third kappa shape index (κ3) is 15.7. The Morgan fingerprint density at radius 2 is 1.09 bits per heavy atom. The van der Waals surface area contributed by atoms with Crippen LogP contribution in [0.4, 0.5) is 13.2 Å². The van der Waals surface area contributed by atoms with E-state index in [0.29, 0.717) is 23.5 Å². The topological polar surface area (TPSA) is 52.6 Å². The maximum atomic E-state index is 13.1. The molecule has 4 nitrogen and oxygen atoms in total. The van der Waals surface area contributed by atoms with E-state index in [2.05, 4.69) is 6.92 Å². The van der Waals surface area contributed by atoms with Crippen LogP contribution in [0.15, 0.2) is 54.6 Å². The molecular formula is C34H54F3O4S2+. The Balaban J connectivity index is 0.00000924. The highest BCUT2D eigenvalue weighted by atomic mass is 32.2. The molecule has 1 unspecified atom stereocenters. The van der Waals surface area contributed by atoms with E-state index in [9.17, 15) is 21.6 Å². The van der Waals surface area contributed by atoms with E-state index in [1.54, 1.807) is 54.6 Å². The highest BCUT2D eigenvalue weighted by molar-refractivity contribution is 7.87. The van der Waals surface area contributed by atoms with Crippen molar-refractivity contribution in [1.29, 1.82) is 0 Å². The molecule has 0 saturated carbocycles. The third-order valence-electron chi connectivity index (χ3n) is 7.69. The van der Waals surface area contributed by atoms with Crippen molar-refractivity contribution in [2.75, 3.05) is 6.61 Å². The molecule has 0 aromatic heterocycles. The van der Waals surface area contributed by atoms with Crippen LogP contribution in [0.25, 0.3) is 0 Å². The summed E-state index contributed by atoms with van der Waals surface area (Å²) in [5, 5.41) is 0. The molecule has 0 aliphatic rings. The smallest absolute Gasteiger partial charge is 0.494 e. The maximum absolute atomic E-state index is 13.1. The monoisotopic (exact) mass is 647 g/mol. The second-order valence-corrected chi connectivity index (χ2v) is 13.1. The minimum atomic E-state index is -5.80. The van der Waals surface area contributed by atoms with E-state index >= 15 is 0 Å². The van der Waals surface area contributed by atoms with Crippen LogP contribution < -0.4 is 4.74 Å². The van der Waals surface area contributed by atoms with E-state index in [-0.39, 0.29) is 19.9 Å². The van der Waals surface area contributed by atoms with Gasteiger partial charge in [-0.3, -0.25) is 4.18 Å². The van der Waals surface area contributed by atoms with Crippen molar-refractivity contribution in [3.8, 4) is 5.75 Å². The first-order valence-corrected chi connectivity index (χ1v) is 17.3. The van der Waals surface area contributed by atoms with Crippen molar-refractivity contribution >= 4 is 23.6 Å². The van der Waals surface area contributed by atoms with Gasteiger partial charge in [0.15, 0.2) is 0 Å². The summed E-state index contributed by atoms with van der Waals surface area (Å²) in [7, 11) is -5.80. The molecule has 0 bridgehead atoms. The first kappa shape index (κ1) is 39.3. The highest BCUT2D eigenvalue weighted by Gasteiger charge is 2.51. The van der Waals surface area contributed by atoms with Crippen molar-refractivity contribution in [3.05, 3.63) is 65.7 Å². The lowest BCUT2D eigenvalue weighted by Crippen LogP contribution is -2.37. The first-order valence-electron chi connectivity index (χ1n) is 15.9. The van der Waals surface area contributed by atoms with Gasteiger partial charge in [0.1, 0.15) is 11.4 Å². The standard InChI is InChI=1S/C34H51F3O4S.H2S/c1-3-4-5-6-7-8-9-10-11-12-13-14-15-16-17-21-28-40-32-26-24-31(25-27-32)33(2,29-30-22-19-18-20-23-30)41-42(38,39)34(35,36)37;/h18-20,22-27H,3-17,21,28-29H2,1-2H3;1H2/p+1. The summed E-state index contributed by atoms with van der Waals surface area (Å²) < 4.78 is 73.9. The van der Waals surface area contributed by atoms with Gasteiger partial charge in [-0.1, -0.05) is 159 Å². The summed E-state index contributed by atoms with van der Waals surface area (Å²) in [5.41, 5.74) is -6.29. The molecule has 0 spiro atoms. The molecule has 9 heteroatoms. The Morgan fingerprint density at radius 3 is 1.53 bits per heavy atom. The molecule has 0 aliphatic carbocycles.